The van der Waals surface area contributed by atoms with Gasteiger partial charge in [0.1, 0.15) is 29.8 Å². The third-order valence-corrected chi connectivity index (χ3v) is 3.05. The molecule has 0 aliphatic carbocycles. The molecule has 0 N–H and O–H groups in total. The Morgan fingerprint density at radius 2 is 2.14 bits per heavy atom. The molecule has 1 aromatic carbocycles. The van der Waals surface area contributed by atoms with Crippen molar-refractivity contribution < 1.29 is 13.9 Å². The van der Waals surface area contributed by atoms with Gasteiger partial charge in [-0.05, 0) is 24.3 Å². The topological polar surface area (TPSA) is 63.2 Å². The average molecular weight is 314 g/mol. The molecule has 0 unspecified atom stereocenters. The second kappa shape index (κ2) is 7.30. The molecule has 5 heteroatoms. The summed E-state index contributed by atoms with van der Waals surface area (Å²) in [5, 5.41) is 9.57. The lowest BCUT2D eigenvalue weighted by Crippen LogP contribution is -2.06. The van der Waals surface area contributed by atoms with Gasteiger partial charge in [0.2, 0.25) is 0 Å². The number of esters is 1. The van der Waals surface area contributed by atoms with Crippen LogP contribution < -0.4 is 0 Å². The van der Waals surface area contributed by atoms with Gasteiger partial charge in [0.15, 0.2) is 0 Å². The van der Waals surface area contributed by atoms with Crippen molar-refractivity contribution in [3.05, 3.63) is 65.4 Å². The summed E-state index contributed by atoms with van der Waals surface area (Å²) in [6, 6.07) is 12.4. The molecule has 2 rings (SSSR count). The van der Waals surface area contributed by atoms with Gasteiger partial charge in [-0.25, -0.2) is 4.79 Å². The number of hydrogen-bond donors (Lipinski definition) is 0. The van der Waals surface area contributed by atoms with Gasteiger partial charge in [-0.3, -0.25) is 0 Å². The fourth-order valence-electron chi connectivity index (χ4n) is 1.73. The molecule has 0 amide bonds. The van der Waals surface area contributed by atoms with Crippen molar-refractivity contribution in [1.82, 2.24) is 0 Å². The van der Waals surface area contributed by atoms with E-state index in [2.05, 4.69) is 6.58 Å². The Hall–Kier alpha value is -2.77. The maximum atomic E-state index is 11.6. The number of nitrogens with zero attached hydrogens (tertiary/aromatic N) is 1. The molecular formula is C17H12ClNO3. The summed E-state index contributed by atoms with van der Waals surface area (Å²) < 4.78 is 10.4. The Morgan fingerprint density at radius 3 is 2.82 bits per heavy atom. The Labute approximate surface area is 132 Å². The third-order valence-electron chi connectivity index (χ3n) is 2.73. The van der Waals surface area contributed by atoms with Crippen LogP contribution in [0, 0.1) is 11.3 Å². The van der Waals surface area contributed by atoms with E-state index in [1.807, 2.05) is 18.2 Å². The number of furan rings is 1. The molecule has 0 saturated carbocycles. The van der Waals surface area contributed by atoms with E-state index in [9.17, 15) is 4.79 Å². The van der Waals surface area contributed by atoms with Gasteiger partial charge in [-0.15, -0.1) is 0 Å². The van der Waals surface area contributed by atoms with Gasteiger partial charge >= 0.3 is 5.97 Å². The normalized spacial score (nSPS) is 10.8. The van der Waals surface area contributed by atoms with Crippen LogP contribution in [0.15, 0.2) is 59.0 Å². The number of halogens is 1. The SMILES string of the molecule is C=CCOC(=O)/C(C#N)=C\c1ccc(-c2ccccc2Cl)o1. The molecule has 0 aliphatic rings. The van der Waals surface area contributed by atoms with Gasteiger partial charge in [0.05, 0.1) is 5.02 Å². The van der Waals surface area contributed by atoms with Crippen molar-refractivity contribution in [2.45, 2.75) is 0 Å². The van der Waals surface area contributed by atoms with E-state index in [4.69, 9.17) is 26.0 Å². The molecule has 0 atom stereocenters. The Morgan fingerprint density at radius 1 is 1.36 bits per heavy atom. The maximum Gasteiger partial charge on any atom is 0.349 e. The monoisotopic (exact) mass is 313 g/mol. The molecule has 0 radical (unpaired) electrons. The van der Waals surface area contributed by atoms with Gasteiger partial charge in [-0.1, -0.05) is 36.4 Å². The molecule has 1 aromatic heterocycles. The highest BCUT2D eigenvalue weighted by Crippen LogP contribution is 2.29. The fraction of sp³-hybridized carbons (Fsp3) is 0.0588. The summed E-state index contributed by atoms with van der Waals surface area (Å²) in [5.74, 6) is 0.189. The lowest BCUT2D eigenvalue weighted by Gasteiger charge is -2.00. The van der Waals surface area contributed by atoms with Crippen LogP contribution in [0.2, 0.25) is 5.02 Å². The standard InChI is InChI=1S/C17H12ClNO3/c1-2-9-21-17(20)12(11-19)10-13-7-8-16(22-13)14-5-3-4-6-15(14)18/h2-8,10H,1,9H2/b12-10-. The quantitative estimate of drug-likeness (QED) is 0.358. The molecule has 4 nitrogen and oxygen atoms in total. The first-order chi connectivity index (χ1) is 10.7. The van der Waals surface area contributed by atoms with E-state index in [1.165, 1.54) is 12.2 Å². The van der Waals surface area contributed by atoms with Crippen LogP contribution in [-0.2, 0) is 9.53 Å². The van der Waals surface area contributed by atoms with Crippen LogP contribution in [0.1, 0.15) is 5.76 Å². The summed E-state index contributed by atoms with van der Waals surface area (Å²) >= 11 is 6.10. The fourth-order valence-corrected chi connectivity index (χ4v) is 1.96. The van der Waals surface area contributed by atoms with Crippen LogP contribution in [-0.4, -0.2) is 12.6 Å². The minimum atomic E-state index is -0.724. The summed E-state index contributed by atoms with van der Waals surface area (Å²) in [5.41, 5.74) is 0.582. The van der Waals surface area contributed by atoms with E-state index < -0.39 is 5.97 Å². The van der Waals surface area contributed by atoms with E-state index in [1.54, 1.807) is 24.3 Å². The Kier molecular flexibility index (Phi) is 5.18. The molecule has 0 bridgehead atoms. The highest BCUT2D eigenvalue weighted by molar-refractivity contribution is 6.33. The van der Waals surface area contributed by atoms with Gasteiger partial charge in [0.25, 0.3) is 0 Å². The smallest absolute Gasteiger partial charge is 0.349 e. The first kappa shape index (κ1) is 15.6. The zero-order chi connectivity index (χ0) is 15.9. The van der Waals surface area contributed by atoms with E-state index in [-0.39, 0.29) is 12.2 Å². The van der Waals surface area contributed by atoms with Crippen molar-refractivity contribution in [2.24, 2.45) is 0 Å². The second-order valence-electron chi connectivity index (χ2n) is 4.24. The molecule has 0 aliphatic heterocycles. The zero-order valence-corrected chi connectivity index (χ0v) is 12.3. The predicted octanol–water partition coefficient (Wildman–Crippen LogP) is 4.24. The molecule has 2 aromatic rings. The van der Waals surface area contributed by atoms with E-state index >= 15 is 0 Å². The molecule has 0 fully saturated rings. The minimum Gasteiger partial charge on any atom is -0.457 e. The van der Waals surface area contributed by atoms with Gasteiger partial charge < -0.3 is 9.15 Å². The average Bonchev–Trinajstić information content (AvgIpc) is 2.99. The highest BCUT2D eigenvalue weighted by Gasteiger charge is 2.12. The van der Waals surface area contributed by atoms with Crippen LogP contribution >= 0.6 is 11.6 Å². The summed E-state index contributed by atoms with van der Waals surface area (Å²) in [6.45, 7) is 3.48. The number of carbonyl (C=O) groups excluding carboxylic acids is 1. The summed E-state index contributed by atoms with van der Waals surface area (Å²) in [4.78, 5) is 11.6. The number of hydrogen-bond acceptors (Lipinski definition) is 4. The van der Waals surface area contributed by atoms with Crippen molar-refractivity contribution >= 4 is 23.6 Å². The largest absolute Gasteiger partial charge is 0.457 e. The van der Waals surface area contributed by atoms with Crippen molar-refractivity contribution in [2.75, 3.05) is 6.61 Å². The number of ether oxygens (including phenoxy) is 1. The lowest BCUT2D eigenvalue weighted by molar-refractivity contribution is -0.137. The molecule has 22 heavy (non-hydrogen) atoms. The second-order valence-corrected chi connectivity index (χ2v) is 4.65. The molecule has 0 spiro atoms. The number of rotatable bonds is 5. The highest BCUT2D eigenvalue weighted by atomic mass is 35.5. The maximum absolute atomic E-state index is 11.6. The molecule has 110 valence electrons. The summed E-state index contributed by atoms with van der Waals surface area (Å²) in [6.07, 6.45) is 2.75. The minimum absolute atomic E-state index is 0.0425. The first-order valence-electron chi connectivity index (χ1n) is 6.40. The van der Waals surface area contributed by atoms with Crippen molar-refractivity contribution in [1.29, 1.82) is 5.26 Å². The summed E-state index contributed by atoms with van der Waals surface area (Å²) in [7, 11) is 0. The van der Waals surface area contributed by atoms with Crippen molar-refractivity contribution in [3.8, 4) is 17.4 Å². The molecule has 0 saturated heterocycles. The third kappa shape index (κ3) is 3.66. The van der Waals surface area contributed by atoms with E-state index in [0.717, 1.165) is 5.56 Å². The number of benzene rings is 1. The van der Waals surface area contributed by atoms with Crippen LogP contribution in [0.4, 0.5) is 0 Å². The Balaban J connectivity index is 2.26. The van der Waals surface area contributed by atoms with Gasteiger partial charge in [-0.2, -0.15) is 5.26 Å². The first-order valence-corrected chi connectivity index (χ1v) is 6.78. The van der Waals surface area contributed by atoms with E-state index in [0.29, 0.717) is 16.5 Å². The number of nitriles is 1. The number of carbonyl (C=O) groups is 1. The zero-order valence-electron chi connectivity index (χ0n) is 11.6. The Bertz CT molecular complexity index is 768. The molecular weight excluding hydrogens is 302 g/mol. The van der Waals surface area contributed by atoms with Crippen LogP contribution in [0.5, 0.6) is 0 Å². The van der Waals surface area contributed by atoms with Crippen molar-refractivity contribution in [3.63, 3.8) is 0 Å². The van der Waals surface area contributed by atoms with Gasteiger partial charge in [0, 0.05) is 11.6 Å². The van der Waals surface area contributed by atoms with Crippen LogP contribution in [0.25, 0.3) is 17.4 Å². The molecule has 1 heterocycles. The predicted molar refractivity (Wildman–Crippen MR) is 83.9 cm³/mol. The lowest BCUT2D eigenvalue weighted by atomic mass is 10.2. The van der Waals surface area contributed by atoms with Crippen LogP contribution in [0.3, 0.4) is 0 Å².